The van der Waals surface area contributed by atoms with Crippen molar-refractivity contribution in [3.8, 4) is 0 Å². The van der Waals surface area contributed by atoms with Crippen molar-refractivity contribution in [2.45, 2.75) is 118 Å². The highest BCUT2D eigenvalue weighted by Gasteiger charge is 2.20. The van der Waals surface area contributed by atoms with Crippen LogP contribution in [0.2, 0.25) is 0 Å². The van der Waals surface area contributed by atoms with Crippen LogP contribution in [-0.4, -0.2) is 39.1 Å². The monoisotopic (exact) mass is 484 g/mol. The zero-order valence-electron chi connectivity index (χ0n) is 20.9. The Morgan fingerprint density at radius 2 is 0.839 bits per heavy atom. The Morgan fingerprint density at radius 1 is 0.484 bits per heavy atom. The Hall–Kier alpha value is 0.620. The molecule has 188 valence electrons. The lowest BCUT2D eigenvalue weighted by Gasteiger charge is -2.23. The van der Waals surface area contributed by atoms with Crippen LogP contribution in [0.4, 0.5) is 0 Å². The fraction of sp³-hybridized carbons (Fsp3) is 1.00. The topological polar surface area (TPSA) is 55.4 Å². The van der Waals surface area contributed by atoms with Crippen LogP contribution in [0.25, 0.3) is 0 Å². The summed E-state index contributed by atoms with van der Waals surface area (Å²) < 4.78 is 35.5. The van der Waals surface area contributed by atoms with Crippen LogP contribution in [0.3, 0.4) is 0 Å². The molecule has 0 amide bonds. The molecule has 0 aliphatic rings. The van der Waals surface area contributed by atoms with Gasteiger partial charge in [0.05, 0.1) is 39.1 Å². The van der Waals surface area contributed by atoms with Gasteiger partial charge in [-0.25, -0.2) is 0 Å². The number of hydrogen-bond donors (Lipinski definition) is 0. The lowest BCUT2D eigenvalue weighted by Crippen LogP contribution is -2.15. The molecule has 0 saturated heterocycles. The first-order valence-electron chi connectivity index (χ1n) is 12.6. The predicted octanol–water partition coefficient (Wildman–Crippen LogP) is 8.69. The second-order valence-corrected chi connectivity index (χ2v) is 10.2. The summed E-state index contributed by atoms with van der Waals surface area (Å²) in [4.78, 5) is 0. The van der Waals surface area contributed by atoms with Crippen molar-refractivity contribution in [1.29, 1.82) is 0 Å². The molecule has 0 heterocycles. The quantitative estimate of drug-likeness (QED) is 0.0954. The standard InChI is InChI=1S/C23H50O6P2/c1-6-10-14-18-24-30(25-19-15-11-7-2)28-22-23(5)29-31(26-20-16-12-8-3)27-21-17-13-9-4/h23H,6-22H2,1-5H3. The van der Waals surface area contributed by atoms with Gasteiger partial charge in [0.2, 0.25) is 0 Å². The summed E-state index contributed by atoms with van der Waals surface area (Å²) in [5.74, 6) is 0. The van der Waals surface area contributed by atoms with E-state index in [1.54, 1.807) is 0 Å². The average Bonchev–Trinajstić information content (AvgIpc) is 2.77. The van der Waals surface area contributed by atoms with Crippen molar-refractivity contribution in [3.63, 3.8) is 0 Å². The van der Waals surface area contributed by atoms with Gasteiger partial charge in [-0.15, -0.1) is 0 Å². The summed E-state index contributed by atoms with van der Waals surface area (Å²) in [5.41, 5.74) is 0. The van der Waals surface area contributed by atoms with Crippen molar-refractivity contribution >= 4 is 17.2 Å². The smallest absolute Gasteiger partial charge is 0.312 e. The predicted molar refractivity (Wildman–Crippen MR) is 132 cm³/mol. The molecule has 6 nitrogen and oxygen atoms in total. The van der Waals surface area contributed by atoms with Crippen LogP contribution < -0.4 is 0 Å². The van der Waals surface area contributed by atoms with E-state index in [4.69, 9.17) is 27.1 Å². The fourth-order valence-electron chi connectivity index (χ4n) is 2.52. The third-order valence-electron chi connectivity index (χ3n) is 4.46. The molecular formula is C23H50O6P2. The lowest BCUT2D eigenvalue weighted by atomic mass is 10.3. The lowest BCUT2D eigenvalue weighted by molar-refractivity contribution is 0.0758. The van der Waals surface area contributed by atoms with E-state index in [1.807, 2.05) is 6.92 Å². The van der Waals surface area contributed by atoms with Crippen LogP contribution in [0.15, 0.2) is 0 Å². The van der Waals surface area contributed by atoms with E-state index in [1.165, 1.54) is 25.7 Å². The third-order valence-corrected chi connectivity index (χ3v) is 6.92. The molecule has 0 rings (SSSR count). The fourth-order valence-corrected chi connectivity index (χ4v) is 4.74. The van der Waals surface area contributed by atoms with Gasteiger partial charge in [-0.05, 0) is 32.6 Å². The van der Waals surface area contributed by atoms with Crippen molar-refractivity contribution in [3.05, 3.63) is 0 Å². The van der Waals surface area contributed by atoms with Gasteiger partial charge in [0, 0.05) is 0 Å². The Labute approximate surface area is 195 Å². The number of unbranched alkanes of at least 4 members (excludes halogenated alkanes) is 8. The van der Waals surface area contributed by atoms with E-state index in [0.29, 0.717) is 33.0 Å². The molecular weight excluding hydrogens is 434 g/mol. The van der Waals surface area contributed by atoms with Crippen LogP contribution in [0.5, 0.6) is 0 Å². The van der Waals surface area contributed by atoms with E-state index in [-0.39, 0.29) is 6.10 Å². The van der Waals surface area contributed by atoms with Crippen LogP contribution in [0, 0.1) is 0 Å². The molecule has 0 radical (unpaired) electrons. The summed E-state index contributed by atoms with van der Waals surface area (Å²) in [6.07, 6.45) is 13.3. The summed E-state index contributed by atoms with van der Waals surface area (Å²) in [7, 11) is -2.69. The molecule has 0 saturated carbocycles. The molecule has 0 bridgehead atoms. The molecule has 0 aromatic heterocycles. The Kier molecular flexibility index (Phi) is 25.8. The van der Waals surface area contributed by atoms with E-state index >= 15 is 0 Å². The molecule has 0 spiro atoms. The van der Waals surface area contributed by atoms with Crippen LogP contribution in [-0.2, 0) is 27.1 Å². The number of hydrogen-bond acceptors (Lipinski definition) is 6. The highest BCUT2D eigenvalue weighted by molar-refractivity contribution is 7.42. The van der Waals surface area contributed by atoms with Crippen molar-refractivity contribution in [2.24, 2.45) is 0 Å². The molecule has 0 aromatic carbocycles. The van der Waals surface area contributed by atoms with Gasteiger partial charge in [-0.3, -0.25) is 0 Å². The van der Waals surface area contributed by atoms with Crippen molar-refractivity contribution in [1.82, 2.24) is 0 Å². The molecule has 0 aromatic rings. The van der Waals surface area contributed by atoms with Gasteiger partial charge >= 0.3 is 17.2 Å². The molecule has 1 atom stereocenters. The Bertz CT molecular complexity index is 328. The van der Waals surface area contributed by atoms with E-state index in [0.717, 1.165) is 51.4 Å². The second-order valence-electron chi connectivity index (χ2n) is 7.82. The van der Waals surface area contributed by atoms with Gasteiger partial charge in [0.25, 0.3) is 0 Å². The molecule has 8 heteroatoms. The maximum absolute atomic E-state index is 6.04. The summed E-state index contributed by atoms with van der Waals surface area (Å²) in [6, 6.07) is 0. The van der Waals surface area contributed by atoms with Gasteiger partial charge in [-0.2, -0.15) is 0 Å². The van der Waals surface area contributed by atoms with E-state index < -0.39 is 17.2 Å². The summed E-state index contributed by atoms with van der Waals surface area (Å²) >= 11 is 0. The van der Waals surface area contributed by atoms with Gasteiger partial charge in [0.1, 0.15) is 0 Å². The molecule has 0 N–H and O–H groups in total. The minimum absolute atomic E-state index is 0.146. The normalized spacial score (nSPS) is 12.9. The molecule has 0 fully saturated rings. The summed E-state index contributed by atoms with van der Waals surface area (Å²) in [5, 5.41) is 0. The Balaban J connectivity index is 4.39. The maximum atomic E-state index is 6.04. The first-order chi connectivity index (χ1) is 15.2. The average molecular weight is 485 g/mol. The highest BCUT2D eigenvalue weighted by Crippen LogP contribution is 2.44. The van der Waals surface area contributed by atoms with Crippen LogP contribution >= 0.6 is 17.2 Å². The second kappa shape index (κ2) is 25.2. The zero-order chi connectivity index (χ0) is 23.0. The van der Waals surface area contributed by atoms with E-state index in [2.05, 4.69) is 27.7 Å². The van der Waals surface area contributed by atoms with Crippen LogP contribution in [0.1, 0.15) is 112 Å². The minimum Gasteiger partial charge on any atom is -0.312 e. The summed E-state index contributed by atoms with van der Waals surface area (Å²) in [6.45, 7) is 13.8. The third kappa shape index (κ3) is 22.2. The van der Waals surface area contributed by atoms with Crippen molar-refractivity contribution < 1.29 is 27.1 Å². The largest absolute Gasteiger partial charge is 0.332 e. The first-order valence-corrected chi connectivity index (χ1v) is 14.8. The van der Waals surface area contributed by atoms with Crippen molar-refractivity contribution in [2.75, 3.05) is 33.0 Å². The molecule has 0 aliphatic heterocycles. The maximum Gasteiger partial charge on any atom is 0.332 e. The highest BCUT2D eigenvalue weighted by atomic mass is 31.2. The molecule has 1 unspecified atom stereocenters. The van der Waals surface area contributed by atoms with Gasteiger partial charge in [0.15, 0.2) is 0 Å². The SMILES string of the molecule is CCCCCOP(OCCCCC)OCC(C)OP(OCCCCC)OCCCCC. The van der Waals surface area contributed by atoms with Gasteiger partial charge < -0.3 is 27.1 Å². The van der Waals surface area contributed by atoms with E-state index in [9.17, 15) is 0 Å². The molecule has 31 heavy (non-hydrogen) atoms. The minimum atomic E-state index is -1.35. The molecule has 0 aliphatic carbocycles. The number of rotatable bonds is 25. The zero-order valence-corrected chi connectivity index (χ0v) is 22.7. The first kappa shape index (κ1) is 31.6. The Morgan fingerprint density at radius 3 is 1.19 bits per heavy atom. The van der Waals surface area contributed by atoms with Gasteiger partial charge in [-0.1, -0.05) is 79.1 Å².